The van der Waals surface area contributed by atoms with Gasteiger partial charge in [0.05, 0.1) is 18.4 Å². The zero-order chi connectivity index (χ0) is 14.8. The Balaban J connectivity index is 2.00. The van der Waals surface area contributed by atoms with Gasteiger partial charge in [0.2, 0.25) is 0 Å². The molecule has 7 heteroatoms. The zero-order valence-corrected chi connectivity index (χ0v) is 12.3. The van der Waals surface area contributed by atoms with Crippen molar-refractivity contribution in [3.63, 3.8) is 0 Å². The standard InChI is InChI=1S/C14H15N3O3S/c1-20-11-5-3-2-4-10(11)13-15-16-14(21-8-12(18)19)17(13)9-6-7-9/h2-5,9H,6-8H2,1H3,(H,18,19). The van der Waals surface area contributed by atoms with Crippen molar-refractivity contribution in [2.75, 3.05) is 12.9 Å². The first-order chi connectivity index (χ1) is 10.2. The topological polar surface area (TPSA) is 77.2 Å². The first-order valence-electron chi connectivity index (χ1n) is 6.63. The van der Waals surface area contributed by atoms with Crippen LogP contribution in [0.3, 0.4) is 0 Å². The number of aliphatic carboxylic acids is 1. The molecule has 1 N–H and O–H groups in total. The minimum absolute atomic E-state index is 0.0171. The smallest absolute Gasteiger partial charge is 0.313 e. The van der Waals surface area contributed by atoms with Gasteiger partial charge < -0.3 is 9.84 Å². The fraction of sp³-hybridized carbons (Fsp3) is 0.357. The van der Waals surface area contributed by atoms with Crippen LogP contribution in [-0.4, -0.2) is 38.7 Å². The minimum Gasteiger partial charge on any atom is -0.496 e. The van der Waals surface area contributed by atoms with Crippen LogP contribution < -0.4 is 4.74 Å². The summed E-state index contributed by atoms with van der Waals surface area (Å²) >= 11 is 1.20. The quantitative estimate of drug-likeness (QED) is 0.826. The monoisotopic (exact) mass is 305 g/mol. The molecule has 21 heavy (non-hydrogen) atoms. The summed E-state index contributed by atoms with van der Waals surface area (Å²) in [5.74, 6) is 0.602. The summed E-state index contributed by atoms with van der Waals surface area (Å²) in [4.78, 5) is 10.7. The van der Waals surface area contributed by atoms with Gasteiger partial charge in [0.15, 0.2) is 11.0 Å². The predicted molar refractivity (Wildman–Crippen MR) is 78.6 cm³/mol. The van der Waals surface area contributed by atoms with Gasteiger partial charge in [-0.25, -0.2) is 0 Å². The number of para-hydroxylation sites is 1. The highest BCUT2D eigenvalue weighted by molar-refractivity contribution is 7.99. The Kier molecular flexibility index (Phi) is 3.83. The molecule has 1 aliphatic rings. The first kappa shape index (κ1) is 13.9. The van der Waals surface area contributed by atoms with Crippen LogP contribution in [0.5, 0.6) is 5.75 Å². The average molecular weight is 305 g/mol. The van der Waals surface area contributed by atoms with Crippen LogP contribution in [0.1, 0.15) is 18.9 Å². The fourth-order valence-electron chi connectivity index (χ4n) is 2.18. The van der Waals surface area contributed by atoms with Crippen molar-refractivity contribution in [3.05, 3.63) is 24.3 Å². The molecule has 3 rings (SSSR count). The number of methoxy groups -OCH3 is 1. The summed E-state index contributed by atoms with van der Waals surface area (Å²) in [6, 6.07) is 8.00. The predicted octanol–water partition coefficient (Wildman–Crippen LogP) is 2.47. The van der Waals surface area contributed by atoms with Gasteiger partial charge in [-0.2, -0.15) is 0 Å². The van der Waals surface area contributed by atoms with Crippen LogP contribution in [0.25, 0.3) is 11.4 Å². The van der Waals surface area contributed by atoms with E-state index < -0.39 is 5.97 Å². The van der Waals surface area contributed by atoms with Crippen molar-refractivity contribution in [1.82, 2.24) is 14.8 Å². The van der Waals surface area contributed by atoms with Gasteiger partial charge in [-0.15, -0.1) is 10.2 Å². The largest absolute Gasteiger partial charge is 0.496 e. The number of ether oxygens (including phenoxy) is 1. The van der Waals surface area contributed by atoms with Crippen LogP contribution in [-0.2, 0) is 4.79 Å². The second kappa shape index (κ2) is 5.77. The Hall–Kier alpha value is -2.02. The van der Waals surface area contributed by atoms with Crippen LogP contribution in [0.2, 0.25) is 0 Å². The van der Waals surface area contributed by atoms with Gasteiger partial charge in [0, 0.05) is 6.04 Å². The molecule has 1 aromatic heterocycles. The van der Waals surface area contributed by atoms with E-state index in [1.165, 1.54) is 11.8 Å². The maximum atomic E-state index is 10.7. The summed E-state index contributed by atoms with van der Waals surface area (Å²) in [6.45, 7) is 0. The van der Waals surface area contributed by atoms with Gasteiger partial charge in [0.25, 0.3) is 0 Å². The zero-order valence-electron chi connectivity index (χ0n) is 11.5. The molecule has 0 radical (unpaired) electrons. The highest BCUT2D eigenvalue weighted by Crippen LogP contribution is 2.42. The summed E-state index contributed by atoms with van der Waals surface area (Å²) in [6.07, 6.45) is 2.14. The highest BCUT2D eigenvalue weighted by atomic mass is 32.2. The summed E-state index contributed by atoms with van der Waals surface area (Å²) in [7, 11) is 1.62. The molecule has 1 saturated carbocycles. The number of rotatable bonds is 6. The van der Waals surface area contributed by atoms with Crippen LogP contribution >= 0.6 is 11.8 Å². The van der Waals surface area contributed by atoms with Gasteiger partial charge >= 0.3 is 5.97 Å². The maximum absolute atomic E-state index is 10.7. The number of carboxylic acids is 1. The summed E-state index contributed by atoms with van der Waals surface area (Å²) in [5.41, 5.74) is 0.876. The number of nitrogens with zero attached hydrogens (tertiary/aromatic N) is 3. The normalized spacial score (nSPS) is 14.1. The van der Waals surface area contributed by atoms with E-state index >= 15 is 0 Å². The molecular formula is C14H15N3O3S. The van der Waals surface area contributed by atoms with Gasteiger partial charge in [-0.05, 0) is 25.0 Å². The molecule has 1 fully saturated rings. The van der Waals surface area contributed by atoms with Crippen molar-refractivity contribution in [3.8, 4) is 17.1 Å². The van der Waals surface area contributed by atoms with Crippen LogP contribution in [0.15, 0.2) is 29.4 Å². The molecular weight excluding hydrogens is 290 g/mol. The average Bonchev–Trinajstić information content (AvgIpc) is 3.24. The maximum Gasteiger partial charge on any atom is 0.313 e. The molecule has 0 spiro atoms. The molecule has 0 aliphatic heterocycles. The second-order valence-corrected chi connectivity index (χ2v) is 5.73. The lowest BCUT2D eigenvalue weighted by Gasteiger charge is -2.10. The van der Waals surface area contributed by atoms with Gasteiger partial charge in [-0.3, -0.25) is 9.36 Å². The Morgan fingerprint density at radius 2 is 2.19 bits per heavy atom. The van der Waals surface area contributed by atoms with Crippen LogP contribution in [0.4, 0.5) is 0 Å². The molecule has 0 unspecified atom stereocenters. The molecule has 1 heterocycles. The lowest BCUT2D eigenvalue weighted by molar-refractivity contribution is -0.133. The van der Waals surface area contributed by atoms with E-state index in [-0.39, 0.29) is 5.75 Å². The molecule has 0 bridgehead atoms. The second-order valence-electron chi connectivity index (χ2n) is 4.79. The van der Waals surface area contributed by atoms with Crippen molar-refractivity contribution in [1.29, 1.82) is 0 Å². The van der Waals surface area contributed by atoms with E-state index in [0.717, 1.165) is 30.0 Å². The fourth-order valence-corrected chi connectivity index (χ4v) is 2.90. The lowest BCUT2D eigenvalue weighted by atomic mass is 10.2. The van der Waals surface area contributed by atoms with Crippen molar-refractivity contribution in [2.24, 2.45) is 0 Å². The number of aromatic nitrogens is 3. The molecule has 0 saturated heterocycles. The van der Waals surface area contributed by atoms with Gasteiger partial charge in [0.1, 0.15) is 5.75 Å². The van der Waals surface area contributed by atoms with E-state index in [9.17, 15) is 4.79 Å². The Morgan fingerprint density at radius 1 is 1.43 bits per heavy atom. The number of carboxylic acid groups (broad SMARTS) is 1. The molecule has 0 atom stereocenters. The third-order valence-corrected chi connectivity index (χ3v) is 4.18. The number of benzene rings is 1. The number of hydrogen-bond donors (Lipinski definition) is 1. The Bertz CT molecular complexity index is 667. The number of hydrogen-bond acceptors (Lipinski definition) is 5. The van der Waals surface area contributed by atoms with Crippen molar-refractivity contribution in [2.45, 2.75) is 24.0 Å². The van der Waals surface area contributed by atoms with E-state index in [4.69, 9.17) is 9.84 Å². The molecule has 0 amide bonds. The van der Waals surface area contributed by atoms with Crippen LogP contribution in [0, 0.1) is 0 Å². The third kappa shape index (κ3) is 2.87. The van der Waals surface area contributed by atoms with Crippen molar-refractivity contribution >= 4 is 17.7 Å². The lowest BCUT2D eigenvalue weighted by Crippen LogP contribution is -2.03. The highest BCUT2D eigenvalue weighted by Gasteiger charge is 2.31. The molecule has 110 valence electrons. The first-order valence-corrected chi connectivity index (χ1v) is 7.62. The molecule has 2 aromatic rings. The van der Waals surface area contributed by atoms with Crippen molar-refractivity contribution < 1.29 is 14.6 Å². The molecule has 1 aliphatic carbocycles. The summed E-state index contributed by atoms with van der Waals surface area (Å²) in [5, 5.41) is 17.9. The SMILES string of the molecule is COc1ccccc1-c1nnc(SCC(=O)O)n1C1CC1. The van der Waals surface area contributed by atoms with E-state index in [1.54, 1.807) is 7.11 Å². The van der Waals surface area contributed by atoms with E-state index in [2.05, 4.69) is 10.2 Å². The number of thioether (sulfide) groups is 1. The van der Waals surface area contributed by atoms with Gasteiger partial charge in [-0.1, -0.05) is 23.9 Å². The third-order valence-electron chi connectivity index (χ3n) is 3.25. The van der Waals surface area contributed by atoms with E-state index in [0.29, 0.717) is 11.2 Å². The number of carbonyl (C=O) groups is 1. The Morgan fingerprint density at radius 3 is 2.86 bits per heavy atom. The minimum atomic E-state index is -0.857. The molecule has 1 aromatic carbocycles. The van der Waals surface area contributed by atoms with E-state index in [1.807, 2.05) is 28.8 Å². The Labute approximate surface area is 126 Å². The molecule has 6 nitrogen and oxygen atoms in total. The summed E-state index contributed by atoms with van der Waals surface area (Å²) < 4.78 is 7.41.